The fourth-order valence-corrected chi connectivity index (χ4v) is 4.41. The molecule has 2 fully saturated rings. The van der Waals surface area contributed by atoms with Crippen molar-refractivity contribution in [1.82, 2.24) is 9.80 Å². The number of amides is 1. The van der Waals surface area contributed by atoms with Gasteiger partial charge in [0, 0.05) is 38.6 Å². The number of benzene rings is 2. The molecular formula is C22H28N2O. The number of fused-ring (bicyclic) bond motifs is 1. The van der Waals surface area contributed by atoms with Crippen LogP contribution in [0.15, 0.2) is 42.5 Å². The van der Waals surface area contributed by atoms with Gasteiger partial charge in [0.15, 0.2) is 0 Å². The monoisotopic (exact) mass is 336 g/mol. The minimum atomic E-state index is 0.304. The Morgan fingerprint density at radius 1 is 0.880 bits per heavy atom. The van der Waals surface area contributed by atoms with E-state index in [-0.39, 0.29) is 0 Å². The molecule has 2 aromatic carbocycles. The van der Waals surface area contributed by atoms with Gasteiger partial charge in [-0.2, -0.15) is 0 Å². The minimum absolute atomic E-state index is 0.304. The second kappa shape index (κ2) is 7.57. The summed E-state index contributed by atoms with van der Waals surface area (Å²) < 4.78 is 0. The van der Waals surface area contributed by atoms with E-state index in [1.807, 2.05) is 0 Å². The average molecular weight is 336 g/mol. The number of hydrogen-bond donors (Lipinski definition) is 0. The molecule has 0 radical (unpaired) electrons. The third-order valence-electron chi connectivity index (χ3n) is 5.91. The van der Waals surface area contributed by atoms with Gasteiger partial charge in [0.1, 0.15) is 0 Å². The molecule has 132 valence electrons. The third kappa shape index (κ3) is 3.72. The molecule has 0 unspecified atom stereocenters. The fourth-order valence-electron chi connectivity index (χ4n) is 4.41. The maximum absolute atomic E-state index is 12.7. The van der Waals surface area contributed by atoms with Gasteiger partial charge in [-0.15, -0.1) is 0 Å². The highest BCUT2D eigenvalue weighted by Gasteiger charge is 2.28. The highest BCUT2D eigenvalue weighted by molar-refractivity contribution is 5.85. The molecule has 1 aliphatic heterocycles. The van der Waals surface area contributed by atoms with Crippen molar-refractivity contribution in [3.8, 4) is 0 Å². The van der Waals surface area contributed by atoms with E-state index in [1.54, 1.807) is 0 Å². The smallest absolute Gasteiger partial charge is 0.225 e. The first-order valence-electron chi connectivity index (χ1n) is 9.79. The molecule has 1 saturated heterocycles. The molecule has 3 heteroatoms. The summed E-state index contributed by atoms with van der Waals surface area (Å²) in [5.41, 5.74) is 1.39. The molecule has 0 aromatic heterocycles. The van der Waals surface area contributed by atoms with Gasteiger partial charge in [-0.05, 0) is 29.2 Å². The number of carbonyl (C=O) groups excluding carboxylic acids is 1. The maximum Gasteiger partial charge on any atom is 0.225 e. The molecule has 25 heavy (non-hydrogen) atoms. The van der Waals surface area contributed by atoms with E-state index in [9.17, 15) is 4.79 Å². The lowest BCUT2D eigenvalue weighted by Gasteiger charge is -2.37. The quantitative estimate of drug-likeness (QED) is 0.844. The summed E-state index contributed by atoms with van der Waals surface area (Å²) in [4.78, 5) is 17.3. The molecule has 0 atom stereocenters. The van der Waals surface area contributed by atoms with Gasteiger partial charge in [-0.1, -0.05) is 61.7 Å². The van der Waals surface area contributed by atoms with Crippen LogP contribution in [0.2, 0.25) is 0 Å². The second-order valence-corrected chi connectivity index (χ2v) is 7.57. The lowest BCUT2D eigenvalue weighted by molar-refractivity contribution is -0.138. The highest BCUT2D eigenvalue weighted by Crippen LogP contribution is 2.26. The Morgan fingerprint density at radius 3 is 2.40 bits per heavy atom. The second-order valence-electron chi connectivity index (χ2n) is 7.57. The van der Waals surface area contributed by atoms with Crippen LogP contribution in [0.3, 0.4) is 0 Å². The highest BCUT2D eigenvalue weighted by atomic mass is 16.2. The fraction of sp³-hybridized carbons (Fsp3) is 0.500. The van der Waals surface area contributed by atoms with Crippen LogP contribution in [-0.4, -0.2) is 41.9 Å². The Labute approximate surface area is 150 Å². The van der Waals surface area contributed by atoms with Crippen molar-refractivity contribution in [3.05, 3.63) is 48.0 Å². The summed E-state index contributed by atoms with van der Waals surface area (Å²) in [7, 11) is 0. The number of nitrogens with zero attached hydrogens (tertiary/aromatic N) is 2. The van der Waals surface area contributed by atoms with E-state index in [2.05, 4.69) is 52.3 Å². The van der Waals surface area contributed by atoms with Crippen LogP contribution < -0.4 is 0 Å². The molecule has 2 aromatic rings. The molecule has 0 spiro atoms. The van der Waals surface area contributed by atoms with E-state index in [1.165, 1.54) is 35.6 Å². The Hall–Kier alpha value is -1.87. The normalized spacial score (nSPS) is 20.1. The minimum Gasteiger partial charge on any atom is -0.340 e. The van der Waals surface area contributed by atoms with Crippen molar-refractivity contribution in [2.24, 2.45) is 5.92 Å². The van der Waals surface area contributed by atoms with Gasteiger partial charge >= 0.3 is 0 Å². The maximum atomic E-state index is 12.7. The molecule has 3 nitrogen and oxygen atoms in total. The van der Waals surface area contributed by atoms with Crippen molar-refractivity contribution in [1.29, 1.82) is 0 Å². The Morgan fingerprint density at radius 2 is 1.60 bits per heavy atom. The van der Waals surface area contributed by atoms with E-state index >= 15 is 0 Å². The topological polar surface area (TPSA) is 23.6 Å². The van der Waals surface area contributed by atoms with Crippen LogP contribution in [0.4, 0.5) is 0 Å². The van der Waals surface area contributed by atoms with Gasteiger partial charge in [0.25, 0.3) is 0 Å². The zero-order chi connectivity index (χ0) is 17.1. The van der Waals surface area contributed by atoms with Gasteiger partial charge < -0.3 is 4.90 Å². The predicted octanol–water partition coefficient (Wildman–Crippen LogP) is 4.06. The number of piperazine rings is 1. The Balaban J connectivity index is 1.36. The van der Waals surface area contributed by atoms with Crippen LogP contribution in [0.1, 0.15) is 37.7 Å². The van der Waals surface area contributed by atoms with Crippen LogP contribution in [0, 0.1) is 5.92 Å². The van der Waals surface area contributed by atoms with Gasteiger partial charge in [0.2, 0.25) is 5.91 Å². The van der Waals surface area contributed by atoms with Crippen LogP contribution >= 0.6 is 0 Å². The molecule has 2 aliphatic rings. The van der Waals surface area contributed by atoms with E-state index in [0.717, 1.165) is 45.6 Å². The molecule has 1 heterocycles. The summed E-state index contributed by atoms with van der Waals surface area (Å²) in [5.74, 6) is 0.725. The van der Waals surface area contributed by atoms with Crippen molar-refractivity contribution < 1.29 is 4.79 Å². The van der Waals surface area contributed by atoms with Crippen LogP contribution in [-0.2, 0) is 11.3 Å². The molecular weight excluding hydrogens is 308 g/mol. The Bertz CT molecular complexity index is 722. The summed E-state index contributed by atoms with van der Waals surface area (Å²) >= 11 is 0. The summed E-state index contributed by atoms with van der Waals surface area (Å²) in [6.07, 6.45) is 5.99. The third-order valence-corrected chi connectivity index (χ3v) is 5.91. The van der Waals surface area contributed by atoms with Crippen LogP contribution in [0.25, 0.3) is 10.8 Å². The summed E-state index contributed by atoms with van der Waals surface area (Å²) in [6, 6.07) is 15.2. The van der Waals surface area contributed by atoms with Crippen molar-refractivity contribution in [2.75, 3.05) is 26.2 Å². The molecule has 1 aliphatic carbocycles. The van der Waals surface area contributed by atoms with Crippen LogP contribution in [0.5, 0.6) is 0 Å². The van der Waals surface area contributed by atoms with E-state index in [0.29, 0.717) is 11.8 Å². The lowest BCUT2D eigenvalue weighted by atomic mass is 9.88. The van der Waals surface area contributed by atoms with E-state index in [4.69, 9.17) is 0 Å². The summed E-state index contributed by atoms with van der Waals surface area (Å²) in [6.45, 7) is 4.73. The largest absolute Gasteiger partial charge is 0.340 e. The zero-order valence-corrected chi connectivity index (χ0v) is 15.0. The van der Waals surface area contributed by atoms with Crippen molar-refractivity contribution in [2.45, 2.75) is 38.6 Å². The molecule has 0 bridgehead atoms. The first-order valence-corrected chi connectivity index (χ1v) is 9.79. The average Bonchev–Trinajstić information content (AvgIpc) is 2.69. The van der Waals surface area contributed by atoms with E-state index < -0.39 is 0 Å². The van der Waals surface area contributed by atoms with Gasteiger partial charge in [-0.25, -0.2) is 0 Å². The lowest BCUT2D eigenvalue weighted by Crippen LogP contribution is -2.50. The molecule has 1 saturated carbocycles. The first-order chi connectivity index (χ1) is 12.3. The Kier molecular flexibility index (Phi) is 5.02. The first kappa shape index (κ1) is 16.6. The summed E-state index contributed by atoms with van der Waals surface area (Å²) in [5, 5.41) is 2.66. The standard InChI is InChI=1S/C22H28N2O/c25-22(19-8-2-1-3-9-19)24-15-13-23(14-16-24)17-20-11-6-10-18-7-4-5-12-21(18)20/h4-7,10-12,19H,1-3,8-9,13-17H2. The molecule has 1 amide bonds. The molecule has 0 N–H and O–H groups in total. The van der Waals surface area contributed by atoms with Gasteiger partial charge in [0.05, 0.1) is 0 Å². The predicted molar refractivity (Wildman–Crippen MR) is 102 cm³/mol. The zero-order valence-electron chi connectivity index (χ0n) is 15.0. The SMILES string of the molecule is O=C(C1CCCCC1)N1CCN(Cc2cccc3ccccc23)CC1. The van der Waals surface area contributed by atoms with Gasteiger partial charge in [-0.3, -0.25) is 9.69 Å². The van der Waals surface area contributed by atoms with Crippen molar-refractivity contribution >= 4 is 16.7 Å². The number of carbonyl (C=O) groups is 1. The van der Waals surface area contributed by atoms with Crippen molar-refractivity contribution in [3.63, 3.8) is 0 Å². The molecule has 4 rings (SSSR count). The number of rotatable bonds is 3. The number of hydrogen-bond acceptors (Lipinski definition) is 2.